The van der Waals surface area contributed by atoms with E-state index in [9.17, 15) is 0 Å². The lowest BCUT2D eigenvalue weighted by atomic mass is 10.1. The predicted octanol–water partition coefficient (Wildman–Crippen LogP) is 2.99. The van der Waals surface area contributed by atoms with E-state index in [1.165, 1.54) is 0 Å². The number of aryl methyl sites for hydroxylation is 1. The number of alkyl halides is 1. The van der Waals surface area contributed by atoms with Crippen LogP contribution in [0.1, 0.15) is 11.5 Å². The summed E-state index contributed by atoms with van der Waals surface area (Å²) in [7, 11) is 0. The second-order valence-electron chi connectivity index (χ2n) is 3.25. The Morgan fingerprint density at radius 2 is 2.06 bits per heavy atom. The van der Waals surface area contributed by atoms with Crippen LogP contribution in [0.3, 0.4) is 0 Å². The Labute approximate surface area is 98.3 Å². The Morgan fingerprint density at radius 3 is 2.69 bits per heavy atom. The van der Waals surface area contributed by atoms with Gasteiger partial charge in [-0.2, -0.15) is 5.26 Å². The first-order valence-corrected chi connectivity index (χ1v) is 5.38. The molecule has 16 heavy (non-hydrogen) atoms. The van der Waals surface area contributed by atoms with Crippen LogP contribution in [0.15, 0.2) is 34.9 Å². The average Bonchev–Trinajstić information content (AvgIpc) is 2.78. The predicted molar refractivity (Wildman–Crippen MR) is 61.1 cm³/mol. The molecule has 2 aromatic rings. The van der Waals surface area contributed by atoms with E-state index in [2.05, 4.69) is 11.1 Å². The largest absolute Gasteiger partial charge is 0.441 e. The van der Waals surface area contributed by atoms with Gasteiger partial charge in [-0.05, 0) is 24.3 Å². The van der Waals surface area contributed by atoms with Crippen LogP contribution < -0.4 is 0 Å². The van der Waals surface area contributed by atoms with E-state index in [0.717, 1.165) is 5.56 Å². The van der Waals surface area contributed by atoms with Gasteiger partial charge in [-0.3, -0.25) is 0 Å². The van der Waals surface area contributed by atoms with Crippen LogP contribution in [0, 0.1) is 11.3 Å². The van der Waals surface area contributed by atoms with Gasteiger partial charge in [0.15, 0.2) is 11.7 Å². The van der Waals surface area contributed by atoms with Crippen molar-refractivity contribution in [2.24, 2.45) is 0 Å². The molecule has 1 aromatic carbocycles. The highest BCUT2D eigenvalue weighted by atomic mass is 35.5. The molecule has 0 N–H and O–H groups in total. The van der Waals surface area contributed by atoms with Crippen molar-refractivity contribution in [2.75, 3.05) is 5.88 Å². The third-order valence-electron chi connectivity index (χ3n) is 2.16. The molecule has 0 bridgehead atoms. The van der Waals surface area contributed by atoms with Gasteiger partial charge in [0, 0.05) is 17.9 Å². The highest BCUT2D eigenvalue weighted by Crippen LogP contribution is 2.20. The van der Waals surface area contributed by atoms with E-state index < -0.39 is 0 Å². The van der Waals surface area contributed by atoms with E-state index in [-0.39, 0.29) is 0 Å². The summed E-state index contributed by atoms with van der Waals surface area (Å²) in [5.74, 6) is 1.83. The van der Waals surface area contributed by atoms with Crippen LogP contribution >= 0.6 is 11.6 Å². The minimum Gasteiger partial charge on any atom is -0.441 e. The molecule has 0 radical (unpaired) electrons. The maximum absolute atomic E-state index is 8.67. The molecule has 0 spiro atoms. The molecule has 0 atom stereocenters. The summed E-state index contributed by atoms with van der Waals surface area (Å²) in [6, 6.07) is 9.24. The zero-order chi connectivity index (χ0) is 11.4. The van der Waals surface area contributed by atoms with Crippen LogP contribution in [0.5, 0.6) is 0 Å². The molecule has 0 aliphatic carbocycles. The molecule has 2 rings (SSSR count). The van der Waals surface area contributed by atoms with Gasteiger partial charge < -0.3 is 4.42 Å². The highest BCUT2D eigenvalue weighted by molar-refractivity contribution is 6.17. The fourth-order valence-electron chi connectivity index (χ4n) is 1.35. The molecule has 1 aromatic heterocycles. The molecule has 0 aliphatic heterocycles. The number of nitrogens with zero attached hydrogens (tertiary/aromatic N) is 2. The number of rotatable bonds is 3. The smallest absolute Gasteiger partial charge is 0.196 e. The summed E-state index contributed by atoms with van der Waals surface area (Å²) in [4.78, 5) is 4.11. The summed E-state index contributed by atoms with van der Waals surface area (Å²) >= 11 is 5.59. The Kier molecular flexibility index (Phi) is 3.23. The Hall–Kier alpha value is -1.79. The van der Waals surface area contributed by atoms with Crippen molar-refractivity contribution in [3.63, 3.8) is 0 Å². The van der Waals surface area contributed by atoms with E-state index in [4.69, 9.17) is 21.3 Å². The standard InChI is InChI=1S/C12H9ClN2O/c13-6-5-12-15-8-11(16-12)10-3-1-9(7-14)2-4-10/h1-4,8H,5-6H2. The van der Waals surface area contributed by atoms with Gasteiger partial charge in [-0.1, -0.05) is 0 Å². The SMILES string of the molecule is N#Cc1ccc(-c2cnc(CCCl)o2)cc1. The molecule has 0 amide bonds. The monoisotopic (exact) mass is 232 g/mol. The molecular formula is C12H9ClN2O. The van der Waals surface area contributed by atoms with Gasteiger partial charge in [-0.25, -0.2) is 4.98 Å². The molecule has 0 fully saturated rings. The minimum atomic E-state index is 0.493. The normalized spacial score (nSPS) is 10.0. The minimum absolute atomic E-state index is 0.493. The number of benzene rings is 1. The van der Waals surface area contributed by atoms with Crippen LogP contribution in [-0.4, -0.2) is 10.9 Å². The number of hydrogen-bond acceptors (Lipinski definition) is 3. The quantitative estimate of drug-likeness (QED) is 0.765. The summed E-state index contributed by atoms with van der Waals surface area (Å²) in [6.07, 6.45) is 2.29. The van der Waals surface area contributed by atoms with Gasteiger partial charge >= 0.3 is 0 Å². The summed E-state index contributed by atoms with van der Waals surface area (Å²) in [6.45, 7) is 0. The van der Waals surface area contributed by atoms with Crippen molar-refractivity contribution in [3.8, 4) is 17.4 Å². The molecule has 80 valence electrons. The molecule has 4 heteroatoms. The molecule has 0 aliphatic rings. The van der Waals surface area contributed by atoms with Crippen molar-refractivity contribution in [1.29, 1.82) is 5.26 Å². The summed E-state index contributed by atoms with van der Waals surface area (Å²) in [5, 5.41) is 8.67. The van der Waals surface area contributed by atoms with E-state index in [1.807, 2.05) is 12.1 Å². The van der Waals surface area contributed by atoms with Gasteiger partial charge in [0.1, 0.15) is 0 Å². The molecule has 3 nitrogen and oxygen atoms in total. The molecule has 0 unspecified atom stereocenters. The lowest BCUT2D eigenvalue weighted by molar-refractivity contribution is 0.515. The number of hydrogen-bond donors (Lipinski definition) is 0. The zero-order valence-electron chi connectivity index (χ0n) is 8.48. The Balaban J connectivity index is 2.25. The van der Waals surface area contributed by atoms with Crippen molar-refractivity contribution in [3.05, 3.63) is 41.9 Å². The molecule has 0 saturated carbocycles. The van der Waals surface area contributed by atoms with E-state index >= 15 is 0 Å². The zero-order valence-corrected chi connectivity index (χ0v) is 9.24. The van der Waals surface area contributed by atoms with Crippen molar-refractivity contribution in [1.82, 2.24) is 4.98 Å². The van der Waals surface area contributed by atoms with Crippen LogP contribution in [0.2, 0.25) is 0 Å². The second-order valence-corrected chi connectivity index (χ2v) is 3.62. The third-order valence-corrected chi connectivity index (χ3v) is 2.35. The number of aromatic nitrogens is 1. The first kappa shape index (κ1) is 10.7. The second kappa shape index (κ2) is 4.82. The van der Waals surface area contributed by atoms with Crippen molar-refractivity contribution < 1.29 is 4.42 Å². The number of oxazole rings is 1. The lowest BCUT2D eigenvalue weighted by Gasteiger charge is -1.95. The number of halogens is 1. The fourth-order valence-corrected chi connectivity index (χ4v) is 1.51. The van der Waals surface area contributed by atoms with Gasteiger partial charge in [0.25, 0.3) is 0 Å². The summed E-state index contributed by atoms with van der Waals surface area (Å²) in [5.41, 5.74) is 1.54. The van der Waals surface area contributed by atoms with Crippen LogP contribution in [0.25, 0.3) is 11.3 Å². The highest BCUT2D eigenvalue weighted by Gasteiger charge is 2.05. The first-order chi connectivity index (χ1) is 7.83. The molecule has 1 heterocycles. The Morgan fingerprint density at radius 1 is 1.31 bits per heavy atom. The first-order valence-electron chi connectivity index (χ1n) is 4.84. The van der Waals surface area contributed by atoms with E-state index in [0.29, 0.717) is 29.5 Å². The van der Waals surface area contributed by atoms with Crippen LogP contribution in [0.4, 0.5) is 0 Å². The molecule has 0 saturated heterocycles. The van der Waals surface area contributed by atoms with Crippen molar-refractivity contribution in [2.45, 2.75) is 6.42 Å². The average molecular weight is 233 g/mol. The topological polar surface area (TPSA) is 49.8 Å². The molecular weight excluding hydrogens is 224 g/mol. The van der Waals surface area contributed by atoms with Gasteiger partial charge in [0.05, 0.1) is 17.8 Å². The lowest BCUT2D eigenvalue weighted by Crippen LogP contribution is -1.83. The van der Waals surface area contributed by atoms with Crippen LogP contribution in [-0.2, 0) is 6.42 Å². The van der Waals surface area contributed by atoms with Gasteiger partial charge in [-0.15, -0.1) is 11.6 Å². The van der Waals surface area contributed by atoms with Crippen molar-refractivity contribution >= 4 is 11.6 Å². The third kappa shape index (κ3) is 2.23. The maximum Gasteiger partial charge on any atom is 0.196 e. The Bertz CT molecular complexity index is 511. The number of nitriles is 1. The maximum atomic E-state index is 8.67. The van der Waals surface area contributed by atoms with E-state index in [1.54, 1.807) is 18.3 Å². The summed E-state index contributed by atoms with van der Waals surface area (Å²) < 4.78 is 5.51. The van der Waals surface area contributed by atoms with Gasteiger partial charge in [0.2, 0.25) is 0 Å². The fraction of sp³-hybridized carbons (Fsp3) is 0.167.